The van der Waals surface area contributed by atoms with Crippen LogP contribution in [-0.4, -0.2) is 57.1 Å². The van der Waals surface area contributed by atoms with E-state index in [4.69, 9.17) is 4.74 Å². The first kappa shape index (κ1) is 36.8. The lowest BCUT2D eigenvalue weighted by atomic mass is 9.51. The highest BCUT2D eigenvalue weighted by Crippen LogP contribution is 2.54. The molecule has 0 spiro atoms. The Hall–Kier alpha value is -4.03. The summed E-state index contributed by atoms with van der Waals surface area (Å²) < 4.78 is 5.52. The molecule has 8 atom stereocenters. The number of nitrogens with one attached hydrogen (secondary N) is 1. The fourth-order valence-corrected chi connectivity index (χ4v) is 9.54. The lowest BCUT2D eigenvalue weighted by Gasteiger charge is -2.57. The van der Waals surface area contributed by atoms with Crippen molar-refractivity contribution in [2.24, 2.45) is 23.7 Å². The van der Waals surface area contributed by atoms with Crippen LogP contribution in [0.25, 0.3) is 0 Å². The van der Waals surface area contributed by atoms with Crippen molar-refractivity contribution in [3.05, 3.63) is 82.9 Å². The van der Waals surface area contributed by atoms with Crippen LogP contribution < -0.4 is 10.1 Å². The zero-order valence-corrected chi connectivity index (χ0v) is 29.9. The molecule has 272 valence electrons. The van der Waals surface area contributed by atoms with E-state index >= 15 is 0 Å². The summed E-state index contributed by atoms with van der Waals surface area (Å²) in [7, 11) is 1.48. The van der Waals surface area contributed by atoms with E-state index in [1.54, 1.807) is 12.1 Å². The topological polar surface area (TPSA) is 139 Å². The first-order valence-corrected chi connectivity index (χ1v) is 18.7. The van der Waals surface area contributed by atoms with Gasteiger partial charge in [0.2, 0.25) is 0 Å². The molecule has 1 saturated heterocycles. The lowest BCUT2D eigenvalue weighted by molar-refractivity contribution is -0.132. The normalized spacial score (nSPS) is 29.3. The largest absolute Gasteiger partial charge is 0.504 e. The molecule has 0 bridgehead atoms. The molecule has 2 aliphatic carbocycles. The van der Waals surface area contributed by atoms with Gasteiger partial charge in [-0.15, -0.1) is 0 Å². The Kier molecular flexibility index (Phi) is 11.6. The molecule has 8 nitrogen and oxygen atoms in total. The molecule has 3 aromatic carbocycles. The molecule has 1 heterocycles. The van der Waals surface area contributed by atoms with Crippen molar-refractivity contribution < 1.29 is 35.1 Å². The van der Waals surface area contributed by atoms with Gasteiger partial charge in [0.05, 0.1) is 19.8 Å². The third kappa shape index (κ3) is 7.35. The summed E-state index contributed by atoms with van der Waals surface area (Å²) in [6.07, 6.45) is 6.55. The summed E-state index contributed by atoms with van der Waals surface area (Å²) in [6, 6.07) is 18.4. The van der Waals surface area contributed by atoms with Gasteiger partial charge < -0.3 is 35.6 Å². The lowest BCUT2D eigenvalue weighted by Crippen LogP contribution is -2.66. The van der Waals surface area contributed by atoms with Crippen molar-refractivity contribution in [3.8, 4) is 34.8 Å². The molecular weight excluding hydrogens is 642 g/mol. The Balaban J connectivity index is 1.56. The number of rotatable bonds is 10. The van der Waals surface area contributed by atoms with E-state index in [2.05, 4.69) is 36.2 Å². The number of phenols is 3. The Morgan fingerprint density at radius 1 is 0.961 bits per heavy atom. The number of Topliss-reactive ketones (excluding diaryl/α,β-unsaturated/α-hetero) is 1. The number of carbonyl (C=O) groups excluding carboxylic acids is 1. The molecule has 0 radical (unpaired) electrons. The first-order chi connectivity index (χ1) is 24.7. The summed E-state index contributed by atoms with van der Waals surface area (Å²) in [5, 5.41) is 58.8. The molecule has 6 rings (SSSR count). The Bertz CT molecular complexity index is 1730. The molecule has 0 amide bonds. The van der Waals surface area contributed by atoms with Gasteiger partial charge in [0, 0.05) is 54.0 Å². The maximum absolute atomic E-state index is 15.0. The highest BCUT2D eigenvalue weighted by molar-refractivity contribution is 5.83. The van der Waals surface area contributed by atoms with E-state index in [0.29, 0.717) is 30.5 Å². The number of fused-ring (bicyclic) bond motifs is 3. The molecule has 2 fully saturated rings. The Labute approximate surface area is 301 Å². The fraction of sp³-hybridized carbons (Fsp3) is 0.512. The van der Waals surface area contributed by atoms with Crippen LogP contribution in [0, 0.1) is 35.5 Å². The molecule has 0 aromatic heterocycles. The molecule has 1 saturated carbocycles. The van der Waals surface area contributed by atoms with Crippen LogP contribution in [0.5, 0.6) is 23.0 Å². The number of aliphatic hydroxyl groups is 2. The van der Waals surface area contributed by atoms with Gasteiger partial charge in [0.1, 0.15) is 5.78 Å². The second-order valence-electron chi connectivity index (χ2n) is 14.9. The standard InChI is InChI=1S/C43H53NO7/c1-3-4-6-13-32-36(47)23-33(34-24-39(51-2)38(49)21-30(34)26-45)28(20-27-11-7-5-8-12-27)15-16-29-25-44-40-14-9-10-19-43(40,41(29)42(32)50)31-17-18-35(46)37(48)22-31/h5,7-8,11-12,17-18,21-22,24,28-29,32-33,40-42,44-46,48-50H,3-4,6,9-10,13-14,19-20,23,25-26H2,1-2H3. The van der Waals surface area contributed by atoms with Crippen LogP contribution in [0.3, 0.4) is 0 Å². The van der Waals surface area contributed by atoms with Crippen molar-refractivity contribution in [3.63, 3.8) is 0 Å². The minimum atomic E-state index is -0.995. The van der Waals surface area contributed by atoms with Crippen molar-refractivity contribution in [2.75, 3.05) is 13.7 Å². The number of phenolic OH excluding ortho intramolecular Hbond substituents is 3. The van der Waals surface area contributed by atoms with Gasteiger partial charge in [-0.2, -0.15) is 0 Å². The second kappa shape index (κ2) is 16.1. The zero-order chi connectivity index (χ0) is 36.1. The number of piperidine rings is 1. The second-order valence-corrected chi connectivity index (χ2v) is 14.9. The Morgan fingerprint density at radius 3 is 2.49 bits per heavy atom. The number of aliphatic hydroxyl groups excluding tert-OH is 2. The molecule has 8 unspecified atom stereocenters. The number of ether oxygens (including phenoxy) is 1. The maximum Gasteiger partial charge on any atom is 0.160 e. The summed E-state index contributed by atoms with van der Waals surface area (Å²) in [5.74, 6) is 4.97. The van der Waals surface area contributed by atoms with E-state index in [0.717, 1.165) is 56.1 Å². The van der Waals surface area contributed by atoms with Crippen LogP contribution in [0.4, 0.5) is 0 Å². The summed E-state index contributed by atoms with van der Waals surface area (Å²) >= 11 is 0. The quantitative estimate of drug-likeness (QED) is 0.0804. The van der Waals surface area contributed by atoms with Gasteiger partial charge in [-0.1, -0.05) is 87.3 Å². The predicted molar refractivity (Wildman–Crippen MR) is 197 cm³/mol. The van der Waals surface area contributed by atoms with Gasteiger partial charge in [-0.3, -0.25) is 4.79 Å². The average molecular weight is 696 g/mol. The fourth-order valence-electron chi connectivity index (χ4n) is 9.54. The molecule has 6 N–H and O–H groups in total. The highest BCUT2D eigenvalue weighted by atomic mass is 16.5. The maximum atomic E-state index is 15.0. The van der Waals surface area contributed by atoms with Gasteiger partial charge in [0.15, 0.2) is 23.0 Å². The van der Waals surface area contributed by atoms with Crippen molar-refractivity contribution >= 4 is 5.78 Å². The van der Waals surface area contributed by atoms with Crippen LogP contribution in [0.15, 0.2) is 60.7 Å². The van der Waals surface area contributed by atoms with Gasteiger partial charge >= 0.3 is 0 Å². The average Bonchev–Trinajstić information content (AvgIpc) is 3.14. The van der Waals surface area contributed by atoms with Crippen LogP contribution >= 0.6 is 0 Å². The third-order valence-electron chi connectivity index (χ3n) is 12.1. The van der Waals surface area contributed by atoms with Crippen LogP contribution in [-0.2, 0) is 23.2 Å². The van der Waals surface area contributed by atoms with Gasteiger partial charge in [-0.05, 0) is 72.2 Å². The number of ketones is 1. The molecule has 8 heteroatoms. The smallest absolute Gasteiger partial charge is 0.160 e. The number of hydrogen-bond donors (Lipinski definition) is 6. The van der Waals surface area contributed by atoms with E-state index in [1.807, 2.05) is 24.3 Å². The number of aromatic hydroxyl groups is 3. The molecule has 3 aliphatic rings. The van der Waals surface area contributed by atoms with Crippen molar-refractivity contribution in [1.29, 1.82) is 0 Å². The number of benzene rings is 3. The summed E-state index contributed by atoms with van der Waals surface area (Å²) in [6.45, 7) is 2.35. The number of unbranched alkanes of at least 4 members (excludes halogenated alkanes) is 2. The summed E-state index contributed by atoms with van der Waals surface area (Å²) in [5.41, 5.74) is 2.53. The van der Waals surface area contributed by atoms with Crippen molar-refractivity contribution in [2.45, 2.75) is 101 Å². The molecule has 3 aromatic rings. The van der Waals surface area contributed by atoms with E-state index in [9.17, 15) is 30.3 Å². The molecule has 1 aliphatic heterocycles. The van der Waals surface area contributed by atoms with Crippen LogP contribution in [0.2, 0.25) is 0 Å². The third-order valence-corrected chi connectivity index (χ3v) is 12.1. The minimum Gasteiger partial charge on any atom is -0.504 e. The zero-order valence-electron chi connectivity index (χ0n) is 29.9. The van der Waals surface area contributed by atoms with E-state index in [-0.39, 0.29) is 59.7 Å². The van der Waals surface area contributed by atoms with E-state index < -0.39 is 29.3 Å². The minimum absolute atomic E-state index is 0.00617. The predicted octanol–water partition coefficient (Wildman–Crippen LogP) is 6.50. The monoisotopic (exact) mass is 695 g/mol. The molecule has 51 heavy (non-hydrogen) atoms. The van der Waals surface area contributed by atoms with Gasteiger partial charge in [0.25, 0.3) is 0 Å². The first-order valence-electron chi connectivity index (χ1n) is 18.7. The Morgan fingerprint density at radius 2 is 1.76 bits per heavy atom. The number of methoxy groups -OCH3 is 1. The van der Waals surface area contributed by atoms with Crippen molar-refractivity contribution in [1.82, 2.24) is 5.32 Å². The SMILES string of the molecule is CCCCCC1C(=O)CC(c2cc(OC)c(O)cc2CO)C(Cc2ccccc2)C#CC2CNC3CCCCC3(c3ccc(O)c(O)c3)C2C1O. The number of hydrogen-bond acceptors (Lipinski definition) is 8. The van der Waals surface area contributed by atoms with E-state index in [1.165, 1.54) is 19.2 Å². The van der Waals surface area contributed by atoms with Gasteiger partial charge in [-0.25, -0.2) is 0 Å². The summed E-state index contributed by atoms with van der Waals surface area (Å²) in [4.78, 5) is 15.0. The highest BCUT2D eigenvalue weighted by Gasteiger charge is 2.57. The number of carbonyl (C=O) groups is 1. The van der Waals surface area contributed by atoms with Crippen LogP contribution in [0.1, 0.15) is 92.9 Å². The molecular formula is C43H53NO7.